The summed E-state index contributed by atoms with van der Waals surface area (Å²) < 4.78 is 36.7. The maximum Gasteiger partial charge on any atom is 0.336 e. The third-order valence-corrected chi connectivity index (χ3v) is 6.45. The largest absolute Gasteiger partial charge is 0.347 e. The minimum atomic E-state index is -3.43. The summed E-state index contributed by atoms with van der Waals surface area (Å²) in [7, 11) is -3.43. The van der Waals surface area contributed by atoms with Crippen LogP contribution in [0.1, 0.15) is 23.6 Å². The van der Waals surface area contributed by atoms with Gasteiger partial charge in [-0.15, -0.1) is 0 Å². The Balaban J connectivity index is 1.67. The van der Waals surface area contributed by atoms with Crippen LogP contribution in [0.2, 0.25) is 0 Å². The summed E-state index contributed by atoms with van der Waals surface area (Å²) in [5.41, 5.74) is 2.94. The van der Waals surface area contributed by atoms with Crippen LogP contribution >= 0.6 is 7.60 Å². The molecule has 3 rings (SSSR count). The van der Waals surface area contributed by atoms with Crippen molar-refractivity contribution in [3.05, 3.63) is 108 Å². The smallest absolute Gasteiger partial charge is 0.336 e. The summed E-state index contributed by atoms with van der Waals surface area (Å²) in [6, 6.07) is 29.2. The second-order valence-electron chi connectivity index (χ2n) is 6.99. The number of ether oxygens (including phenoxy) is 2. The monoisotopic (exact) mass is 440 g/mol. The molecule has 0 aromatic heterocycles. The molecule has 164 valence electrons. The molecule has 31 heavy (non-hydrogen) atoms. The molecule has 0 radical (unpaired) electrons. The van der Waals surface area contributed by atoms with Crippen LogP contribution in [0, 0.1) is 0 Å². The first-order chi connectivity index (χ1) is 15.2. The third-order valence-electron chi connectivity index (χ3n) is 4.53. The summed E-state index contributed by atoms with van der Waals surface area (Å²) in [6.45, 7) is 2.94. The molecule has 0 bridgehead atoms. The van der Waals surface area contributed by atoms with Crippen molar-refractivity contribution < 1.29 is 23.1 Å². The first-order valence-corrected chi connectivity index (χ1v) is 12.1. The Morgan fingerprint density at radius 1 is 0.645 bits per heavy atom. The topological polar surface area (TPSA) is 54.0 Å². The lowest BCUT2D eigenvalue weighted by molar-refractivity contribution is -0.144. The number of benzene rings is 3. The Morgan fingerprint density at radius 2 is 1.06 bits per heavy atom. The van der Waals surface area contributed by atoms with Gasteiger partial charge in [0.2, 0.25) is 0 Å². The first-order valence-electron chi connectivity index (χ1n) is 10.4. The summed E-state index contributed by atoms with van der Waals surface area (Å²) in [4.78, 5) is 0. The van der Waals surface area contributed by atoms with E-state index in [4.69, 9.17) is 18.5 Å². The average molecular weight is 440 g/mol. The standard InChI is InChI=1S/C25H29O5P/c1-2-29-31(26,30-20-24-16-10-5-11-17-24)21-25(27-18-22-12-6-3-7-13-22)28-19-23-14-8-4-9-15-23/h3-17,25H,2,18-21H2,1H3. The molecule has 0 saturated carbocycles. The molecule has 0 aliphatic heterocycles. The van der Waals surface area contributed by atoms with Crippen LogP contribution in [0.15, 0.2) is 91.0 Å². The molecule has 3 aromatic rings. The van der Waals surface area contributed by atoms with Crippen LogP contribution in [-0.4, -0.2) is 19.1 Å². The van der Waals surface area contributed by atoms with Gasteiger partial charge in [0.15, 0.2) is 6.29 Å². The zero-order valence-corrected chi connectivity index (χ0v) is 18.7. The van der Waals surface area contributed by atoms with E-state index < -0.39 is 13.9 Å². The SMILES string of the molecule is CCOP(=O)(CC(OCc1ccccc1)OCc1ccccc1)OCc1ccccc1. The Kier molecular flexibility index (Phi) is 9.47. The fourth-order valence-electron chi connectivity index (χ4n) is 2.95. The second kappa shape index (κ2) is 12.6. The highest BCUT2D eigenvalue weighted by atomic mass is 31.2. The molecule has 0 fully saturated rings. The van der Waals surface area contributed by atoms with E-state index in [1.54, 1.807) is 6.92 Å². The fourth-order valence-corrected chi connectivity index (χ4v) is 4.55. The molecule has 0 saturated heterocycles. The normalized spacial score (nSPS) is 13.2. The second-order valence-corrected chi connectivity index (χ2v) is 9.10. The van der Waals surface area contributed by atoms with Crippen molar-refractivity contribution in [3.63, 3.8) is 0 Å². The van der Waals surface area contributed by atoms with E-state index in [1.165, 1.54) is 0 Å². The zero-order valence-electron chi connectivity index (χ0n) is 17.8. The summed E-state index contributed by atoms with van der Waals surface area (Å²) in [5.74, 6) is 0. The minimum absolute atomic E-state index is 0.00728. The summed E-state index contributed by atoms with van der Waals surface area (Å²) >= 11 is 0. The van der Waals surface area contributed by atoms with Crippen molar-refractivity contribution in [1.29, 1.82) is 0 Å². The molecule has 0 spiro atoms. The van der Waals surface area contributed by atoms with Gasteiger partial charge in [-0.1, -0.05) is 91.0 Å². The highest BCUT2D eigenvalue weighted by Crippen LogP contribution is 2.50. The molecule has 6 heteroatoms. The highest BCUT2D eigenvalue weighted by Gasteiger charge is 2.30. The number of hydrogen-bond acceptors (Lipinski definition) is 5. The van der Waals surface area contributed by atoms with Crippen molar-refractivity contribution in [2.75, 3.05) is 12.8 Å². The van der Waals surface area contributed by atoms with Crippen LogP contribution in [0.25, 0.3) is 0 Å². The molecular formula is C25H29O5P. The van der Waals surface area contributed by atoms with Gasteiger partial charge in [-0.3, -0.25) is 4.57 Å². The van der Waals surface area contributed by atoms with Gasteiger partial charge in [0.25, 0.3) is 0 Å². The number of rotatable bonds is 13. The van der Waals surface area contributed by atoms with Crippen molar-refractivity contribution in [3.8, 4) is 0 Å². The first kappa shape index (κ1) is 23.4. The van der Waals surface area contributed by atoms with Gasteiger partial charge in [0, 0.05) is 0 Å². The van der Waals surface area contributed by atoms with Gasteiger partial charge in [-0.25, -0.2) is 0 Å². The molecule has 5 nitrogen and oxygen atoms in total. The zero-order chi connectivity index (χ0) is 21.8. The lowest BCUT2D eigenvalue weighted by atomic mass is 10.2. The van der Waals surface area contributed by atoms with Crippen LogP contribution in [0.5, 0.6) is 0 Å². The fraction of sp³-hybridized carbons (Fsp3) is 0.280. The molecule has 1 unspecified atom stereocenters. The minimum Gasteiger partial charge on any atom is -0.347 e. The molecule has 0 amide bonds. The quantitative estimate of drug-likeness (QED) is 0.234. The van der Waals surface area contributed by atoms with Crippen LogP contribution in [0.3, 0.4) is 0 Å². The van der Waals surface area contributed by atoms with E-state index in [0.717, 1.165) is 16.7 Å². The predicted octanol–water partition coefficient (Wildman–Crippen LogP) is 6.19. The molecule has 0 N–H and O–H groups in total. The average Bonchev–Trinajstić information content (AvgIpc) is 2.82. The summed E-state index contributed by atoms with van der Waals surface area (Å²) in [5, 5.41) is 0. The molecule has 0 aliphatic carbocycles. The van der Waals surface area contributed by atoms with Crippen molar-refractivity contribution in [1.82, 2.24) is 0 Å². The number of hydrogen-bond donors (Lipinski definition) is 0. The Hall–Kier alpha value is -2.27. The molecule has 0 aliphatic rings. The Morgan fingerprint density at radius 3 is 1.48 bits per heavy atom. The van der Waals surface area contributed by atoms with Crippen LogP contribution in [0.4, 0.5) is 0 Å². The van der Waals surface area contributed by atoms with Gasteiger partial charge >= 0.3 is 7.60 Å². The molecule has 1 atom stereocenters. The van der Waals surface area contributed by atoms with Crippen LogP contribution < -0.4 is 0 Å². The maximum atomic E-state index is 13.4. The van der Waals surface area contributed by atoms with E-state index in [9.17, 15) is 4.57 Å². The summed E-state index contributed by atoms with van der Waals surface area (Å²) in [6.07, 6.45) is -0.735. The van der Waals surface area contributed by atoms with Gasteiger partial charge < -0.3 is 18.5 Å². The lowest BCUT2D eigenvalue weighted by Crippen LogP contribution is -2.23. The van der Waals surface area contributed by atoms with E-state index >= 15 is 0 Å². The van der Waals surface area contributed by atoms with E-state index in [1.807, 2.05) is 91.0 Å². The van der Waals surface area contributed by atoms with Gasteiger partial charge in [0.05, 0.1) is 26.4 Å². The van der Waals surface area contributed by atoms with Gasteiger partial charge in [-0.2, -0.15) is 0 Å². The molecule has 3 aromatic carbocycles. The van der Waals surface area contributed by atoms with Crippen molar-refractivity contribution in [2.24, 2.45) is 0 Å². The molecular weight excluding hydrogens is 411 g/mol. The van der Waals surface area contributed by atoms with E-state index in [0.29, 0.717) is 13.2 Å². The van der Waals surface area contributed by atoms with E-state index in [2.05, 4.69) is 0 Å². The highest BCUT2D eigenvalue weighted by molar-refractivity contribution is 7.53. The lowest BCUT2D eigenvalue weighted by Gasteiger charge is -2.24. The Bertz CT molecular complexity index is 875. The van der Waals surface area contributed by atoms with Gasteiger partial charge in [-0.05, 0) is 23.6 Å². The molecule has 0 heterocycles. The van der Waals surface area contributed by atoms with Gasteiger partial charge in [0.1, 0.15) is 6.16 Å². The van der Waals surface area contributed by atoms with Crippen LogP contribution in [-0.2, 0) is 42.9 Å². The maximum absolute atomic E-state index is 13.4. The van der Waals surface area contributed by atoms with E-state index in [-0.39, 0.29) is 19.4 Å². The predicted molar refractivity (Wildman–Crippen MR) is 122 cm³/mol. The third kappa shape index (κ3) is 8.41. The Labute approximate surface area is 184 Å². The van der Waals surface area contributed by atoms with Crippen molar-refractivity contribution >= 4 is 7.60 Å². The van der Waals surface area contributed by atoms with Crippen molar-refractivity contribution in [2.45, 2.75) is 33.0 Å².